The fraction of sp³-hybridized carbons (Fsp3) is 0.222. The maximum absolute atomic E-state index is 12.1. The van der Waals surface area contributed by atoms with Gasteiger partial charge in [0.1, 0.15) is 11.4 Å². The highest BCUT2D eigenvalue weighted by Gasteiger charge is 2.10. The monoisotopic (exact) mass is 341 g/mol. The molecule has 0 spiro atoms. The van der Waals surface area contributed by atoms with Gasteiger partial charge in [0.05, 0.1) is 17.3 Å². The van der Waals surface area contributed by atoms with Crippen LogP contribution in [0.1, 0.15) is 21.9 Å². The summed E-state index contributed by atoms with van der Waals surface area (Å²) in [6.07, 6.45) is 2.56. The largest absolute Gasteiger partial charge is 0.494 e. The first kappa shape index (κ1) is 16.3. The van der Waals surface area contributed by atoms with E-state index in [0.717, 1.165) is 28.4 Å². The van der Waals surface area contributed by atoms with Gasteiger partial charge in [-0.05, 0) is 31.5 Å². The highest BCUT2D eigenvalue weighted by molar-refractivity contribution is 7.09. The molecule has 0 unspecified atom stereocenters. The predicted molar refractivity (Wildman–Crippen MR) is 95.5 cm³/mol. The number of carbonyl (C=O) groups excluding carboxylic acids is 1. The van der Waals surface area contributed by atoms with Crippen LogP contribution in [0.15, 0.2) is 48.0 Å². The number of ether oxygens (including phenoxy) is 1. The van der Waals surface area contributed by atoms with Crippen LogP contribution in [0.4, 0.5) is 0 Å². The van der Waals surface area contributed by atoms with Gasteiger partial charge in [-0.2, -0.15) is 0 Å². The maximum Gasteiger partial charge on any atom is 0.267 e. The molecule has 124 valence electrons. The topological polar surface area (TPSA) is 67.0 Å². The zero-order valence-corrected chi connectivity index (χ0v) is 14.2. The minimum atomic E-state index is -0.118. The minimum Gasteiger partial charge on any atom is -0.494 e. The van der Waals surface area contributed by atoms with Crippen molar-refractivity contribution in [3.05, 3.63) is 58.7 Å². The first-order valence-corrected chi connectivity index (χ1v) is 8.67. The number of benzene rings is 1. The lowest BCUT2D eigenvalue weighted by Gasteiger charge is -2.06. The molecule has 3 rings (SSSR count). The quantitative estimate of drug-likeness (QED) is 0.645. The number of rotatable bonds is 7. The van der Waals surface area contributed by atoms with Crippen LogP contribution in [-0.4, -0.2) is 29.0 Å². The van der Waals surface area contributed by atoms with Crippen LogP contribution in [0.5, 0.6) is 5.75 Å². The predicted octanol–water partition coefficient (Wildman–Crippen LogP) is 3.65. The summed E-state index contributed by atoms with van der Waals surface area (Å²) in [7, 11) is 0. The fourth-order valence-corrected chi connectivity index (χ4v) is 2.87. The van der Waals surface area contributed by atoms with E-state index in [1.165, 1.54) is 0 Å². The van der Waals surface area contributed by atoms with E-state index in [1.54, 1.807) is 11.3 Å². The van der Waals surface area contributed by atoms with Gasteiger partial charge in [-0.15, -0.1) is 11.3 Å². The Kier molecular flexibility index (Phi) is 5.28. The molecule has 0 radical (unpaired) electrons. The third kappa shape index (κ3) is 4.23. The lowest BCUT2D eigenvalue weighted by Crippen LogP contribution is -2.25. The van der Waals surface area contributed by atoms with Crippen molar-refractivity contribution < 1.29 is 9.53 Å². The van der Waals surface area contributed by atoms with E-state index in [4.69, 9.17) is 4.74 Å². The molecule has 1 amide bonds. The Morgan fingerprint density at radius 2 is 2.17 bits per heavy atom. The summed E-state index contributed by atoms with van der Waals surface area (Å²) < 4.78 is 5.59. The van der Waals surface area contributed by atoms with Crippen molar-refractivity contribution in [1.82, 2.24) is 15.3 Å². The van der Waals surface area contributed by atoms with Crippen LogP contribution >= 0.6 is 11.3 Å². The van der Waals surface area contributed by atoms with Gasteiger partial charge in [0.15, 0.2) is 0 Å². The molecule has 1 aromatic carbocycles. The molecule has 0 aliphatic rings. The van der Waals surface area contributed by atoms with Gasteiger partial charge in [0, 0.05) is 23.7 Å². The number of aromatic nitrogens is 2. The molecule has 24 heavy (non-hydrogen) atoms. The normalized spacial score (nSPS) is 10.5. The second-order valence-corrected chi connectivity index (χ2v) is 6.39. The molecule has 0 saturated heterocycles. The van der Waals surface area contributed by atoms with Crippen LogP contribution in [0.2, 0.25) is 0 Å². The molecule has 0 fully saturated rings. The molecule has 3 aromatic rings. The SMILES string of the molecule is Cc1nc(-c2c[nH]c(C(=O)NCCCOc3ccccc3)c2)cs1. The summed E-state index contributed by atoms with van der Waals surface area (Å²) in [6, 6.07) is 11.5. The van der Waals surface area contributed by atoms with E-state index in [1.807, 2.05) is 54.9 Å². The summed E-state index contributed by atoms with van der Waals surface area (Å²) in [6.45, 7) is 3.10. The smallest absolute Gasteiger partial charge is 0.267 e. The zero-order valence-electron chi connectivity index (χ0n) is 13.4. The molecule has 0 bridgehead atoms. The van der Waals surface area contributed by atoms with Crippen molar-refractivity contribution in [3.63, 3.8) is 0 Å². The molecule has 2 heterocycles. The van der Waals surface area contributed by atoms with E-state index >= 15 is 0 Å². The maximum atomic E-state index is 12.1. The molecule has 0 atom stereocenters. The molecule has 0 aliphatic carbocycles. The van der Waals surface area contributed by atoms with E-state index in [-0.39, 0.29) is 5.91 Å². The van der Waals surface area contributed by atoms with E-state index in [2.05, 4.69) is 15.3 Å². The van der Waals surface area contributed by atoms with Gasteiger partial charge in [0.25, 0.3) is 5.91 Å². The third-order valence-corrected chi connectivity index (χ3v) is 4.23. The Morgan fingerprint density at radius 3 is 2.92 bits per heavy atom. The van der Waals surface area contributed by atoms with E-state index in [0.29, 0.717) is 18.8 Å². The number of hydrogen-bond acceptors (Lipinski definition) is 4. The van der Waals surface area contributed by atoms with Crippen molar-refractivity contribution in [2.45, 2.75) is 13.3 Å². The van der Waals surface area contributed by atoms with Crippen LogP contribution in [0, 0.1) is 6.92 Å². The highest BCUT2D eigenvalue weighted by Crippen LogP contribution is 2.22. The second kappa shape index (κ2) is 7.79. The number of H-pyrrole nitrogens is 1. The van der Waals surface area contributed by atoms with Crippen molar-refractivity contribution >= 4 is 17.2 Å². The number of hydrogen-bond donors (Lipinski definition) is 2. The van der Waals surface area contributed by atoms with Crippen LogP contribution in [-0.2, 0) is 0 Å². The Morgan fingerprint density at radius 1 is 1.33 bits per heavy atom. The highest BCUT2D eigenvalue weighted by atomic mass is 32.1. The number of thiazole rings is 1. The molecule has 6 heteroatoms. The van der Waals surface area contributed by atoms with Gasteiger partial charge < -0.3 is 15.0 Å². The molecular weight excluding hydrogens is 322 g/mol. The van der Waals surface area contributed by atoms with Gasteiger partial charge in [0.2, 0.25) is 0 Å². The molecule has 2 aromatic heterocycles. The summed E-state index contributed by atoms with van der Waals surface area (Å²) in [5.41, 5.74) is 2.36. The number of nitrogens with one attached hydrogen (secondary N) is 2. The summed E-state index contributed by atoms with van der Waals surface area (Å²) in [5, 5.41) is 5.88. The molecule has 2 N–H and O–H groups in total. The standard InChI is InChI=1S/C18H19N3O2S/c1-13-21-17(12-24-13)14-10-16(20-11-14)18(22)19-8-5-9-23-15-6-3-2-4-7-15/h2-4,6-7,10-12,20H,5,8-9H2,1H3,(H,19,22). The molecule has 0 aliphatic heterocycles. The van der Waals surface area contributed by atoms with Gasteiger partial charge in [-0.25, -0.2) is 4.98 Å². The first-order valence-electron chi connectivity index (χ1n) is 7.79. The fourth-order valence-electron chi connectivity index (χ4n) is 2.25. The molecule has 5 nitrogen and oxygen atoms in total. The zero-order chi connectivity index (χ0) is 16.8. The molecular formula is C18H19N3O2S. The van der Waals surface area contributed by atoms with Crippen molar-refractivity contribution in [2.24, 2.45) is 0 Å². The van der Waals surface area contributed by atoms with Gasteiger partial charge in [-0.1, -0.05) is 18.2 Å². The summed E-state index contributed by atoms with van der Waals surface area (Å²) in [5.74, 6) is 0.726. The number of aryl methyl sites for hydroxylation is 1. The third-order valence-electron chi connectivity index (χ3n) is 3.46. The van der Waals surface area contributed by atoms with Crippen LogP contribution in [0.3, 0.4) is 0 Å². The van der Waals surface area contributed by atoms with Crippen LogP contribution in [0.25, 0.3) is 11.3 Å². The van der Waals surface area contributed by atoms with Crippen molar-refractivity contribution in [1.29, 1.82) is 0 Å². The van der Waals surface area contributed by atoms with E-state index in [9.17, 15) is 4.79 Å². The minimum absolute atomic E-state index is 0.118. The second-order valence-electron chi connectivity index (χ2n) is 5.32. The lowest BCUT2D eigenvalue weighted by atomic mass is 10.2. The average molecular weight is 341 g/mol. The van der Waals surface area contributed by atoms with Gasteiger partial charge in [-0.3, -0.25) is 4.79 Å². The number of amides is 1. The number of para-hydroxylation sites is 1. The lowest BCUT2D eigenvalue weighted by molar-refractivity contribution is 0.0947. The number of aromatic amines is 1. The summed E-state index contributed by atoms with van der Waals surface area (Å²) >= 11 is 1.59. The van der Waals surface area contributed by atoms with E-state index < -0.39 is 0 Å². The van der Waals surface area contributed by atoms with Crippen LogP contribution < -0.4 is 10.1 Å². The number of nitrogens with zero attached hydrogens (tertiary/aromatic N) is 1. The Labute approximate surface area is 144 Å². The Bertz CT molecular complexity index is 795. The Balaban J connectivity index is 1.43. The van der Waals surface area contributed by atoms with Crippen molar-refractivity contribution in [2.75, 3.05) is 13.2 Å². The number of carbonyl (C=O) groups is 1. The van der Waals surface area contributed by atoms with Gasteiger partial charge >= 0.3 is 0 Å². The van der Waals surface area contributed by atoms with Crippen molar-refractivity contribution in [3.8, 4) is 17.0 Å². The average Bonchev–Trinajstić information content (AvgIpc) is 3.24. The molecule has 0 saturated carbocycles. The first-order chi connectivity index (χ1) is 11.7. The Hall–Kier alpha value is -2.60. The summed E-state index contributed by atoms with van der Waals surface area (Å²) in [4.78, 5) is 19.5.